The van der Waals surface area contributed by atoms with Crippen molar-refractivity contribution in [2.75, 3.05) is 11.9 Å². The van der Waals surface area contributed by atoms with Gasteiger partial charge in [0.2, 0.25) is 0 Å². The number of likely N-dealkylation sites (N-methyl/N-ethyl adjacent to an activating group) is 1. The van der Waals surface area contributed by atoms with Gasteiger partial charge in [0.25, 0.3) is 0 Å². The second-order valence-electron chi connectivity index (χ2n) is 6.77. The Hall–Kier alpha value is -1.02. The number of rotatable bonds is 2. The summed E-state index contributed by atoms with van der Waals surface area (Å²) in [5, 5.41) is 0. The molecule has 2 nitrogen and oxygen atoms in total. The molecule has 1 aromatic rings. The van der Waals surface area contributed by atoms with Crippen LogP contribution in [-0.2, 0) is 0 Å². The highest BCUT2D eigenvalue weighted by atomic mass is 15.4. The molecule has 0 amide bonds. The van der Waals surface area contributed by atoms with Crippen molar-refractivity contribution in [3.8, 4) is 0 Å². The number of hydrogen-bond donors (Lipinski definition) is 0. The average molecular weight is 272 g/mol. The molecule has 2 fully saturated rings. The van der Waals surface area contributed by atoms with Gasteiger partial charge in [0, 0.05) is 17.8 Å². The number of nitrogens with zero attached hydrogens (tertiary/aromatic N) is 2. The van der Waals surface area contributed by atoms with Gasteiger partial charge in [0.15, 0.2) is 0 Å². The topological polar surface area (TPSA) is 6.48 Å². The Kier molecular flexibility index (Phi) is 3.76. The molecule has 1 saturated heterocycles. The number of hydrogen-bond acceptors (Lipinski definition) is 2. The van der Waals surface area contributed by atoms with E-state index < -0.39 is 0 Å². The van der Waals surface area contributed by atoms with Crippen LogP contribution in [0.3, 0.4) is 0 Å². The number of para-hydroxylation sites is 1. The predicted octanol–water partition coefficient (Wildman–Crippen LogP) is 4.04. The van der Waals surface area contributed by atoms with Gasteiger partial charge in [0.1, 0.15) is 0 Å². The van der Waals surface area contributed by atoms with Crippen LogP contribution < -0.4 is 4.90 Å². The first-order valence-corrected chi connectivity index (χ1v) is 8.17. The van der Waals surface area contributed by atoms with Crippen LogP contribution in [0.15, 0.2) is 24.3 Å². The summed E-state index contributed by atoms with van der Waals surface area (Å²) >= 11 is 0. The van der Waals surface area contributed by atoms with Gasteiger partial charge in [-0.25, -0.2) is 0 Å². The van der Waals surface area contributed by atoms with E-state index in [0.717, 1.165) is 5.92 Å². The van der Waals surface area contributed by atoms with E-state index in [-0.39, 0.29) is 0 Å². The zero-order chi connectivity index (χ0) is 14.3. The van der Waals surface area contributed by atoms with Crippen LogP contribution >= 0.6 is 0 Å². The number of anilines is 1. The van der Waals surface area contributed by atoms with Crippen LogP contribution in [-0.4, -0.2) is 30.2 Å². The third-order valence-electron chi connectivity index (χ3n) is 5.67. The SMILES string of the molecule is Cc1ccccc1N1C(C)N(C)C(C2CCCC2)[C@@H]1C. The second-order valence-corrected chi connectivity index (χ2v) is 6.77. The lowest BCUT2D eigenvalue weighted by molar-refractivity contribution is 0.186. The lowest BCUT2D eigenvalue weighted by Crippen LogP contribution is -2.39. The summed E-state index contributed by atoms with van der Waals surface area (Å²) in [6, 6.07) is 10.2. The Morgan fingerprint density at radius 2 is 1.70 bits per heavy atom. The first-order chi connectivity index (χ1) is 9.61. The van der Waals surface area contributed by atoms with Crippen molar-refractivity contribution >= 4 is 5.69 Å². The summed E-state index contributed by atoms with van der Waals surface area (Å²) < 4.78 is 0. The second kappa shape index (κ2) is 5.40. The molecule has 0 N–H and O–H groups in total. The molecule has 1 saturated carbocycles. The maximum Gasteiger partial charge on any atom is 0.0796 e. The van der Waals surface area contributed by atoms with Gasteiger partial charge in [-0.05, 0) is 58.2 Å². The van der Waals surface area contributed by atoms with Crippen LogP contribution in [0.4, 0.5) is 5.69 Å². The fourth-order valence-corrected chi connectivity index (χ4v) is 4.59. The van der Waals surface area contributed by atoms with Crippen LogP contribution in [0.25, 0.3) is 0 Å². The fourth-order valence-electron chi connectivity index (χ4n) is 4.59. The monoisotopic (exact) mass is 272 g/mol. The van der Waals surface area contributed by atoms with Crippen LogP contribution in [0.5, 0.6) is 0 Å². The number of benzene rings is 1. The van der Waals surface area contributed by atoms with Crippen molar-refractivity contribution in [1.82, 2.24) is 4.90 Å². The Morgan fingerprint density at radius 3 is 2.35 bits per heavy atom. The van der Waals surface area contributed by atoms with Gasteiger partial charge in [-0.1, -0.05) is 31.0 Å². The molecule has 0 bridgehead atoms. The minimum absolute atomic E-state index is 0.497. The highest BCUT2D eigenvalue weighted by Gasteiger charge is 2.45. The van der Waals surface area contributed by atoms with Crippen molar-refractivity contribution in [2.45, 2.75) is 64.7 Å². The molecule has 1 aliphatic heterocycles. The summed E-state index contributed by atoms with van der Waals surface area (Å²) in [6.45, 7) is 7.02. The van der Waals surface area contributed by atoms with Crippen molar-refractivity contribution in [3.63, 3.8) is 0 Å². The van der Waals surface area contributed by atoms with Gasteiger partial charge < -0.3 is 4.90 Å². The Morgan fingerprint density at radius 1 is 1.05 bits per heavy atom. The normalized spacial score (nSPS) is 32.2. The molecule has 2 heteroatoms. The minimum Gasteiger partial charge on any atom is -0.352 e. The van der Waals surface area contributed by atoms with Gasteiger partial charge in [-0.3, -0.25) is 4.90 Å². The smallest absolute Gasteiger partial charge is 0.0796 e. The van der Waals surface area contributed by atoms with E-state index in [1.54, 1.807) is 0 Å². The Bertz CT molecular complexity index is 464. The standard InChI is InChI=1S/C18H28N2/c1-13-9-5-8-12-17(13)20-14(2)18(19(4)15(20)3)16-10-6-7-11-16/h5,8-9,12,14-16,18H,6-7,10-11H2,1-4H3/t14-,15?,18?/m0/s1. The lowest BCUT2D eigenvalue weighted by atomic mass is 9.92. The Labute approximate surface area is 123 Å². The minimum atomic E-state index is 0.497. The van der Waals surface area contributed by atoms with Crippen molar-refractivity contribution in [3.05, 3.63) is 29.8 Å². The molecule has 2 aliphatic rings. The van der Waals surface area contributed by atoms with Crippen LogP contribution in [0.2, 0.25) is 0 Å². The molecule has 1 heterocycles. The fraction of sp³-hybridized carbons (Fsp3) is 0.667. The predicted molar refractivity (Wildman–Crippen MR) is 86.1 cm³/mol. The number of aryl methyl sites for hydroxylation is 1. The van der Waals surface area contributed by atoms with Crippen molar-refractivity contribution in [2.24, 2.45) is 5.92 Å². The molecule has 0 spiro atoms. The van der Waals surface area contributed by atoms with E-state index in [4.69, 9.17) is 0 Å². The van der Waals surface area contributed by atoms with E-state index in [1.807, 2.05) is 0 Å². The third kappa shape index (κ3) is 2.14. The van der Waals surface area contributed by atoms with Crippen molar-refractivity contribution in [1.29, 1.82) is 0 Å². The van der Waals surface area contributed by atoms with Gasteiger partial charge in [0.05, 0.1) is 6.17 Å². The van der Waals surface area contributed by atoms with Gasteiger partial charge in [-0.2, -0.15) is 0 Å². The molecule has 0 radical (unpaired) electrons. The molecule has 20 heavy (non-hydrogen) atoms. The highest BCUT2D eigenvalue weighted by molar-refractivity contribution is 5.55. The van der Waals surface area contributed by atoms with E-state index in [2.05, 4.69) is 61.9 Å². The molecule has 0 aromatic heterocycles. The van der Waals surface area contributed by atoms with Gasteiger partial charge >= 0.3 is 0 Å². The molecular weight excluding hydrogens is 244 g/mol. The molecule has 1 aromatic carbocycles. The molecular formula is C18H28N2. The molecule has 3 atom stereocenters. The average Bonchev–Trinajstić information content (AvgIpc) is 3.01. The van der Waals surface area contributed by atoms with Crippen LogP contribution in [0.1, 0.15) is 45.1 Å². The zero-order valence-corrected chi connectivity index (χ0v) is 13.3. The van der Waals surface area contributed by atoms with Crippen LogP contribution in [0, 0.1) is 12.8 Å². The summed E-state index contributed by atoms with van der Waals surface area (Å²) in [5.74, 6) is 0.895. The van der Waals surface area contributed by atoms with E-state index in [1.165, 1.54) is 36.9 Å². The first-order valence-electron chi connectivity index (χ1n) is 8.17. The maximum atomic E-state index is 2.64. The molecule has 3 rings (SSSR count). The summed E-state index contributed by atoms with van der Waals surface area (Å²) in [4.78, 5) is 5.26. The maximum absolute atomic E-state index is 2.64. The molecule has 1 aliphatic carbocycles. The molecule has 2 unspecified atom stereocenters. The Balaban J connectivity index is 1.91. The zero-order valence-electron chi connectivity index (χ0n) is 13.3. The molecule has 110 valence electrons. The largest absolute Gasteiger partial charge is 0.352 e. The highest BCUT2D eigenvalue weighted by Crippen LogP contribution is 2.40. The van der Waals surface area contributed by atoms with E-state index in [9.17, 15) is 0 Å². The first kappa shape index (κ1) is 13.9. The third-order valence-corrected chi connectivity index (χ3v) is 5.67. The quantitative estimate of drug-likeness (QED) is 0.801. The summed E-state index contributed by atoms with van der Waals surface area (Å²) in [6.07, 6.45) is 6.21. The lowest BCUT2D eigenvalue weighted by Gasteiger charge is -2.31. The summed E-state index contributed by atoms with van der Waals surface area (Å²) in [7, 11) is 2.32. The van der Waals surface area contributed by atoms with Crippen molar-refractivity contribution < 1.29 is 0 Å². The van der Waals surface area contributed by atoms with Gasteiger partial charge in [-0.15, -0.1) is 0 Å². The van der Waals surface area contributed by atoms with E-state index in [0.29, 0.717) is 18.2 Å². The summed E-state index contributed by atoms with van der Waals surface area (Å²) in [5.41, 5.74) is 2.81. The van der Waals surface area contributed by atoms with E-state index >= 15 is 0 Å².